The highest BCUT2D eigenvalue weighted by Gasteiger charge is 2.19. The maximum absolute atomic E-state index is 11.3. The van der Waals surface area contributed by atoms with Gasteiger partial charge < -0.3 is 10.0 Å². The van der Waals surface area contributed by atoms with Crippen molar-refractivity contribution in [1.29, 1.82) is 0 Å². The number of nitrogens with zero attached hydrogens (tertiary/aromatic N) is 1. The summed E-state index contributed by atoms with van der Waals surface area (Å²) in [6, 6.07) is 0. The van der Waals surface area contributed by atoms with Crippen molar-refractivity contribution in [3.8, 4) is 11.8 Å². The molecular formula is C10H17NO2. The van der Waals surface area contributed by atoms with Crippen LogP contribution in [-0.2, 0) is 4.79 Å². The topological polar surface area (TPSA) is 40.5 Å². The molecule has 0 aromatic rings. The first-order valence-corrected chi connectivity index (χ1v) is 4.34. The fourth-order valence-electron chi connectivity index (χ4n) is 0.980. The van der Waals surface area contributed by atoms with Gasteiger partial charge in [0.25, 0.3) is 5.91 Å². The smallest absolute Gasteiger partial charge is 0.298 e. The zero-order chi connectivity index (χ0) is 10.5. The van der Waals surface area contributed by atoms with Crippen molar-refractivity contribution in [1.82, 2.24) is 4.90 Å². The van der Waals surface area contributed by atoms with Crippen LogP contribution in [0.4, 0.5) is 0 Å². The molecule has 13 heavy (non-hydrogen) atoms. The molecule has 0 atom stereocenters. The monoisotopic (exact) mass is 183 g/mol. The Kier molecular flexibility index (Phi) is 4.50. The highest BCUT2D eigenvalue weighted by Crippen LogP contribution is 2.04. The molecule has 0 aliphatic rings. The van der Waals surface area contributed by atoms with Crippen LogP contribution in [0.3, 0.4) is 0 Å². The summed E-state index contributed by atoms with van der Waals surface area (Å²) < 4.78 is 0. The third-order valence-electron chi connectivity index (χ3n) is 1.48. The predicted molar refractivity (Wildman–Crippen MR) is 52.0 cm³/mol. The first-order valence-electron chi connectivity index (χ1n) is 4.34. The first kappa shape index (κ1) is 12.0. The van der Waals surface area contributed by atoms with Gasteiger partial charge in [-0.15, -0.1) is 0 Å². The van der Waals surface area contributed by atoms with Gasteiger partial charge in [0.1, 0.15) is 0 Å². The molecule has 0 rings (SSSR count). The van der Waals surface area contributed by atoms with Gasteiger partial charge in [0, 0.05) is 13.1 Å². The second-order valence-electron chi connectivity index (χ2n) is 3.51. The van der Waals surface area contributed by atoms with Gasteiger partial charge in [0.05, 0.1) is 5.60 Å². The highest BCUT2D eigenvalue weighted by atomic mass is 16.3. The zero-order valence-corrected chi connectivity index (χ0v) is 8.72. The summed E-state index contributed by atoms with van der Waals surface area (Å²) in [6.45, 7) is 7.70. The molecular weight excluding hydrogens is 166 g/mol. The zero-order valence-electron chi connectivity index (χ0n) is 8.72. The standard InChI is InChI=1S/C10H17NO2/c1-5-7-9(12)11(6-2)8-10(3,4)13/h13H,6,8H2,1-4H3. The summed E-state index contributed by atoms with van der Waals surface area (Å²) in [6.07, 6.45) is 0. The van der Waals surface area contributed by atoms with Crippen molar-refractivity contribution in [2.24, 2.45) is 0 Å². The number of aliphatic hydroxyl groups is 1. The Hall–Kier alpha value is -1.01. The number of hydrogen-bond donors (Lipinski definition) is 1. The Labute approximate surface area is 79.7 Å². The van der Waals surface area contributed by atoms with Gasteiger partial charge in [-0.25, -0.2) is 0 Å². The van der Waals surface area contributed by atoms with E-state index < -0.39 is 5.60 Å². The van der Waals surface area contributed by atoms with Crippen LogP contribution in [0.1, 0.15) is 27.7 Å². The van der Waals surface area contributed by atoms with Gasteiger partial charge >= 0.3 is 0 Å². The minimum Gasteiger partial charge on any atom is -0.389 e. The molecule has 74 valence electrons. The second kappa shape index (κ2) is 4.88. The third-order valence-corrected chi connectivity index (χ3v) is 1.48. The molecule has 3 heteroatoms. The molecule has 0 aliphatic carbocycles. The lowest BCUT2D eigenvalue weighted by Gasteiger charge is -2.26. The summed E-state index contributed by atoms with van der Waals surface area (Å²) in [5, 5.41) is 9.49. The van der Waals surface area contributed by atoms with E-state index in [-0.39, 0.29) is 5.91 Å². The second-order valence-corrected chi connectivity index (χ2v) is 3.51. The van der Waals surface area contributed by atoms with E-state index in [0.29, 0.717) is 13.1 Å². The van der Waals surface area contributed by atoms with E-state index in [4.69, 9.17) is 0 Å². The minimum atomic E-state index is -0.860. The van der Waals surface area contributed by atoms with E-state index in [2.05, 4.69) is 11.8 Å². The van der Waals surface area contributed by atoms with Crippen molar-refractivity contribution in [3.63, 3.8) is 0 Å². The van der Waals surface area contributed by atoms with E-state index in [0.717, 1.165) is 0 Å². The number of rotatable bonds is 3. The quantitative estimate of drug-likeness (QED) is 0.652. The molecule has 0 radical (unpaired) electrons. The Balaban J connectivity index is 4.32. The summed E-state index contributed by atoms with van der Waals surface area (Å²) in [5.41, 5.74) is -0.860. The summed E-state index contributed by atoms with van der Waals surface area (Å²) in [7, 11) is 0. The normalized spacial score (nSPS) is 10.2. The first-order chi connectivity index (χ1) is 5.90. The Morgan fingerprint density at radius 1 is 1.54 bits per heavy atom. The average Bonchev–Trinajstić information content (AvgIpc) is 1.99. The molecule has 0 aliphatic heterocycles. The van der Waals surface area contributed by atoms with E-state index in [1.54, 1.807) is 20.8 Å². The molecule has 0 saturated heterocycles. The molecule has 0 aromatic carbocycles. The van der Waals surface area contributed by atoms with Crippen molar-refractivity contribution in [3.05, 3.63) is 0 Å². The fraction of sp³-hybridized carbons (Fsp3) is 0.700. The van der Waals surface area contributed by atoms with Crippen LogP contribution in [0.25, 0.3) is 0 Å². The van der Waals surface area contributed by atoms with Crippen LogP contribution >= 0.6 is 0 Å². The molecule has 3 nitrogen and oxygen atoms in total. The molecule has 0 unspecified atom stereocenters. The van der Waals surface area contributed by atoms with Crippen molar-refractivity contribution in [2.45, 2.75) is 33.3 Å². The molecule has 0 fully saturated rings. The lowest BCUT2D eigenvalue weighted by atomic mass is 10.1. The predicted octanol–water partition coefficient (Wildman–Crippen LogP) is 0.629. The maximum Gasteiger partial charge on any atom is 0.298 e. The number of amides is 1. The molecule has 0 spiro atoms. The lowest BCUT2D eigenvalue weighted by molar-refractivity contribution is -0.127. The minimum absolute atomic E-state index is 0.230. The average molecular weight is 183 g/mol. The van der Waals surface area contributed by atoms with E-state index in [1.807, 2.05) is 6.92 Å². The number of carbonyl (C=O) groups is 1. The van der Waals surface area contributed by atoms with Crippen molar-refractivity contribution < 1.29 is 9.90 Å². The summed E-state index contributed by atoms with van der Waals surface area (Å²) in [4.78, 5) is 12.8. The van der Waals surface area contributed by atoms with Crippen LogP contribution in [-0.4, -0.2) is 34.6 Å². The van der Waals surface area contributed by atoms with Crippen molar-refractivity contribution in [2.75, 3.05) is 13.1 Å². The van der Waals surface area contributed by atoms with Crippen LogP contribution in [0, 0.1) is 11.8 Å². The van der Waals surface area contributed by atoms with Gasteiger partial charge in [0.15, 0.2) is 0 Å². The number of hydrogen-bond acceptors (Lipinski definition) is 2. The fourth-order valence-corrected chi connectivity index (χ4v) is 0.980. The summed E-state index contributed by atoms with van der Waals surface area (Å²) >= 11 is 0. The van der Waals surface area contributed by atoms with E-state index in [9.17, 15) is 9.90 Å². The molecule has 0 aromatic heterocycles. The van der Waals surface area contributed by atoms with Crippen LogP contribution in [0.5, 0.6) is 0 Å². The summed E-state index contributed by atoms with van der Waals surface area (Å²) in [5.74, 6) is 4.76. The molecule has 0 heterocycles. The third kappa shape index (κ3) is 5.26. The Morgan fingerprint density at radius 3 is 2.38 bits per heavy atom. The maximum atomic E-state index is 11.3. The highest BCUT2D eigenvalue weighted by molar-refractivity contribution is 5.93. The lowest BCUT2D eigenvalue weighted by Crippen LogP contribution is -2.41. The van der Waals surface area contributed by atoms with Crippen LogP contribution in [0.2, 0.25) is 0 Å². The Morgan fingerprint density at radius 2 is 2.08 bits per heavy atom. The molecule has 0 saturated carbocycles. The Bertz CT molecular complexity index is 230. The van der Waals surface area contributed by atoms with Gasteiger partial charge in [-0.3, -0.25) is 4.79 Å². The van der Waals surface area contributed by atoms with Crippen LogP contribution < -0.4 is 0 Å². The largest absolute Gasteiger partial charge is 0.389 e. The van der Waals surface area contributed by atoms with Crippen molar-refractivity contribution >= 4 is 5.91 Å². The van der Waals surface area contributed by atoms with Crippen LogP contribution in [0.15, 0.2) is 0 Å². The number of likely N-dealkylation sites (N-methyl/N-ethyl adjacent to an activating group) is 1. The van der Waals surface area contributed by atoms with Gasteiger partial charge in [-0.2, -0.15) is 0 Å². The van der Waals surface area contributed by atoms with E-state index in [1.165, 1.54) is 4.90 Å². The molecule has 0 bridgehead atoms. The van der Waals surface area contributed by atoms with Gasteiger partial charge in [-0.1, -0.05) is 5.92 Å². The molecule has 1 amide bonds. The van der Waals surface area contributed by atoms with E-state index >= 15 is 0 Å². The van der Waals surface area contributed by atoms with Gasteiger partial charge in [0.2, 0.25) is 0 Å². The SMILES string of the molecule is CC#CC(=O)N(CC)CC(C)(C)O. The number of carbonyl (C=O) groups excluding carboxylic acids is 1. The van der Waals surface area contributed by atoms with Gasteiger partial charge in [-0.05, 0) is 33.6 Å². The molecule has 1 N–H and O–H groups in total.